The van der Waals surface area contributed by atoms with Gasteiger partial charge in [0.15, 0.2) is 0 Å². The van der Waals surface area contributed by atoms with E-state index in [1.54, 1.807) is 0 Å². The van der Waals surface area contributed by atoms with E-state index in [9.17, 15) is 4.79 Å². The number of carbonyl (C=O) groups is 1. The summed E-state index contributed by atoms with van der Waals surface area (Å²) in [6.07, 6.45) is 1.88. The minimum atomic E-state index is -0.205. The molecule has 18 heavy (non-hydrogen) atoms. The van der Waals surface area contributed by atoms with Gasteiger partial charge in [-0.2, -0.15) is 0 Å². The lowest BCUT2D eigenvalue weighted by molar-refractivity contribution is -0.122. The Labute approximate surface area is 107 Å². The zero-order valence-corrected chi connectivity index (χ0v) is 10.7. The number of primary amides is 1. The quantitative estimate of drug-likeness (QED) is 0.844. The minimum absolute atomic E-state index is 0.0448. The van der Waals surface area contributed by atoms with Crippen LogP contribution in [0.2, 0.25) is 0 Å². The van der Waals surface area contributed by atoms with Crippen molar-refractivity contribution in [3.63, 3.8) is 0 Å². The first-order valence-electron chi connectivity index (χ1n) is 6.36. The number of aliphatic hydroxyl groups excluding tert-OH is 1. The third kappa shape index (κ3) is 2.64. The van der Waals surface area contributed by atoms with Crippen LogP contribution in [0.3, 0.4) is 0 Å². The number of benzene rings is 1. The van der Waals surface area contributed by atoms with Gasteiger partial charge < -0.3 is 15.7 Å². The fourth-order valence-corrected chi connectivity index (χ4v) is 2.50. The van der Waals surface area contributed by atoms with E-state index in [4.69, 9.17) is 10.8 Å². The van der Waals surface area contributed by atoms with Crippen molar-refractivity contribution >= 4 is 11.6 Å². The van der Waals surface area contributed by atoms with E-state index in [2.05, 4.69) is 11.0 Å². The first-order valence-corrected chi connectivity index (χ1v) is 6.36. The topological polar surface area (TPSA) is 66.6 Å². The Morgan fingerprint density at radius 1 is 1.56 bits per heavy atom. The molecular weight excluding hydrogens is 228 g/mol. The fourth-order valence-electron chi connectivity index (χ4n) is 2.50. The molecule has 2 rings (SSSR count). The molecule has 1 aromatic rings. The number of nitrogens with zero attached hydrogens (tertiary/aromatic N) is 1. The number of hydrogen-bond donors (Lipinski definition) is 2. The van der Waals surface area contributed by atoms with Crippen LogP contribution in [0.15, 0.2) is 18.2 Å². The molecule has 1 heterocycles. The Hall–Kier alpha value is -1.55. The highest BCUT2D eigenvalue weighted by Gasteiger charge is 2.24. The maximum Gasteiger partial charge on any atom is 0.222 e. The van der Waals surface area contributed by atoms with Crippen molar-refractivity contribution in [1.82, 2.24) is 0 Å². The number of amides is 1. The van der Waals surface area contributed by atoms with E-state index in [1.807, 2.05) is 19.1 Å². The standard InChI is InChI=1S/C14H20N2O2/c1-10-7-13(5-4-12(10)9-17)16-6-2-3-11(8-16)14(15)18/h4-5,7,11,17H,2-3,6,8-9H2,1H3,(H2,15,18). The predicted molar refractivity (Wildman–Crippen MR) is 71.2 cm³/mol. The van der Waals surface area contributed by atoms with Crippen molar-refractivity contribution in [3.05, 3.63) is 29.3 Å². The molecule has 0 aliphatic carbocycles. The summed E-state index contributed by atoms with van der Waals surface area (Å²) in [5, 5.41) is 9.16. The van der Waals surface area contributed by atoms with E-state index in [0.29, 0.717) is 6.54 Å². The van der Waals surface area contributed by atoms with Crippen LogP contribution in [0.25, 0.3) is 0 Å². The van der Waals surface area contributed by atoms with E-state index in [1.165, 1.54) is 0 Å². The van der Waals surface area contributed by atoms with Gasteiger partial charge in [-0.15, -0.1) is 0 Å². The average molecular weight is 248 g/mol. The summed E-state index contributed by atoms with van der Waals surface area (Å²) in [7, 11) is 0. The highest BCUT2D eigenvalue weighted by atomic mass is 16.3. The van der Waals surface area contributed by atoms with Gasteiger partial charge >= 0.3 is 0 Å². The maximum atomic E-state index is 11.3. The molecule has 0 saturated carbocycles. The molecular formula is C14H20N2O2. The third-order valence-electron chi connectivity index (χ3n) is 3.69. The van der Waals surface area contributed by atoms with Gasteiger partial charge in [-0.25, -0.2) is 0 Å². The van der Waals surface area contributed by atoms with Gasteiger partial charge in [-0.3, -0.25) is 4.79 Å². The molecule has 0 bridgehead atoms. The Morgan fingerprint density at radius 3 is 2.94 bits per heavy atom. The van der Waals surface area contributed by atoms with Crippen LogP contribution >= 0.6 is 0 Å². The van der Waals surface area contributed by atoms with Crippen LogP contribution in [0.4, 0.5) is 5.69 Å². The second kappa shape index (κ2) is 5.40. The van der Waals surface area contributed by atoms with Crippen LogP contribution < -0.4 is 10.6 Å². The average Bonchev–Trinajstić information content (AvgIpc) is 2.38. The Bertz CT molecular complexity index is 445. The van der Waals surface area contributed by atoms with Crippen molar-refractivity contribution < 1.29 is 9.90 Å². The van der Waals surface area contributed by atoms with Crippen molar-refractivity contribution in [2.45, 2.75) is 26.4 Å². The van der Waals surface area contributed by atoms with Gasteiger partial charge in [-0.05, 0) is 43.0 Å². The van der Waals surface area contributed by atoms with Crippen molar-refractivity contribution in [1.29, 1.82) is 0 Å². The van der Waals surface area contributed by atoms with Gasteiger partial charge in [0, 0.05) is 18.8 Å². The minimum Gasteiger partial charge on any atom is -0.392 e. The Morgan fingerprint density at radius 2 is 2.33 bits per heavy atom. The molecule has 3 N–H and O–H groups in total. The van der Waals surface area contributed by atoms with Crippen LogP contribution in [0.5, 0.6) is 0 Å². The molecule has 1 aromatic carbocycles. The van der Waals surface area contributed by atoms with Gasteiger partial charge in [0.2, 0.25) is 5.91 Å². The summed E-state index contributed by atoms with van der Waals surface area (Å²) in [5.74, 6) is -0.250. The number of aryl methyl sites for hydroxylation is 1. The van der Waals surface area contributed by atoms with Crippen LogP contribution in [-0.2, 0) is 11.4 Å². The van der Waals surface area contributed by atoms with Crippen molar-refractivity contribution in [2.24, 2.45) is 11.7 Å². The first-order chi connectivity index (χ1) is 8.61. The number of piperidine rings is 1. The van der Waals surface area contributed by atoms with E-state index >= 15 is 0 Å². The number of rotatable bonds is 3. The molecule has 0 radical (unpaired) electrons. The summed E-state index contributed by atoms with van der Waals surface area (Å²) in [6, 6.07) is 6.01. The van der Waals surface area contributed by atoms with Gasteiger partial charge in [0.1, 0.15) is 0 Å². The molecule has 1 amide bonds. The second-order valence-electron chi connectivity index (χ2n) is 4.96. The van der Waals surface area contributed by atoms with Crippen LogP contribution in [0, 0.1) is 12.8 Å². The van der Waals surface area contributed by atoms with E-state index < -0.39 is 0 Å². The monoisotopic (exact) mass is 248 g/mol. The molecule has 1 aliphatic rings. The molecule has 4 nitrogen and oxygen atoms in total. The SMILES string of the molecule is Cc1cc(N2CCCC(C(N)=O)C2)ccc1CO. The van der Waals surface area contributed by atoms with Gasteiger partial charge in [-0.1, -0.05) is 6.07 Å². The maximum absolute atomic E-state index is 11.3. The number of nitrogens with two attached hydrogens (primary N) is 1. The van der Waals surface area contributed by atoms with Crippen molar-refractivity contribution in [2.75, 3.05) is 18.0 Å². The highest BCUT2D eigenvalue weighted by molar-refractivity contribution is 5.77. The molecule has 1 aliphatic heterocycles. The lowest BCUT2D eigenvalue weighted by Gasteiger charge is -2.33. The van der Waals surface area contributed by atoms with Gasteiger partial charge in [0.25, 0.3) is 0 Å². The summed E-state index contributed by atoms with van der Waals surface area (Å²) >= 11 is 0. The predicted octanol–water partition coefficient (Wildman–Crippen LogP) is 1.19. The first kappa shape index (κ1) is 12.9. The van der Waals surface area contributed by atoms with Gasteiger partial charge in [0.05, 0.1) is 12.5 Å². The fraction of sp³-hybridized carbons (Fsp3) is 0.500. The van der Waals surface area contributed by atoms with E-state index in [0.717, 1.165) is 36.2 Å². The second-order valence-corrected chi connectivity index (χ2v) is 4.96. The molecule has 1 fully saturated rings. The lowest BCUT2D eigenvalue weighted by atomic mass is 9.96. The lowest BCUT2D eigenvalue weighted by Crippen LogP contribution is -2.41. The summed E-state index contributed by atoms with van der Waals surface area (Å²) in [6.45, 7) is 3.72. The summed E-state index contributed by atoms with van der Waals surface area (Å²) in [4.78, 5) is 13.5. The number of aliphatic hydroxyl groups is 1. The highest BCUT2D eigenvalue weighted by Crippen LogP contribution is 2.25. The number of anilines is 1. The van der Waals surface area contributed by atoms with Crippen LogP contribution in [-0.4, -0.2) is 24.1 Å². The Kier molecular flexibility index (Phi) is 3.87. The summed E-state index contributed by atoms with van der Waals surface area (Å²) in [5.41, 5.74) is 8.52. The molecule has 0 spiro atoms. The van der Waals surface area contributed by atoms with Crippen molar-refractivity contribution in [3.8, 4) is 0 Å². The Balaban J connectivity index is 2.16. The molecule has 1 saturated heterocycles. The molecule has 98 valence electrons. The molecule has 1 unspecified atom stereocenters. The third-order valence-corrected chi connectivity index (χ3v) is 3.69. The van der Waals surface area contributed by atoms with Crippen LogP contribution in [0.1, 0.15) is 24.0 Å². The molecule has 4 heteroatoms. The summed E-state index contributed by atoms with van der Waals surface area (Å²) < 4.78 is 0. The zero-order chi connectivity index (χ0) is 13.1. The largest absolute Gasteiger partial charge is 0.392 e. The number of carbonyl (C=O) groups excluding carboxylic acids is 1. The smallest absolute Gasteiger partial charge is 0.222 e. The van der Waals surface area contributed by atoms with E-state index in [-0.39, 0.29) is 18.4 Å². The normalized spacial score (nSPS) is 19.9. The number of hydrogen-bond acceptors (Lipinski definition) is 3. The molecule has 0 aromatic heterocycles. The zero-order valence-electron chi connectivity index (χ0n) is 10.7. The molecule has 1 atom stereocenters.